The van der Waals surface area contributed by atoms with Crippen molar-refractivity contribution in [1.29, 1.82) is 0 Å². The van der Waals surface area contributed by atoms with E-state index in [-0.39, 0.29) is 11.8 Å². The molecule has 15 aromatic rings. The number of fused-ring (bicyclic) bond motifs is 22. The lowest BCUT2D eigenvalue weighted by atomic mass is 9.60. The second kappa shape index (κ2) is 16.8. The third-order valence-electron chi connectivity index (χ3n) is 18.6. The molecule has 3 aliphatic rings. The zero-order valence-corrected chi connectivity index (χ0v) is 45.1. The molecule has 0 N–H and O–H groups in total. The maximum absolute atomic E-state index is 7.11. The fourth-order valence-corrected chi connectivity index (χ4v) is 15.3. The van der Waals surface area contributed by atoms with Crippen LogP contribution in [0.2, 0.25) is 0 Å². The van der Waals surface area contributed by atoms with Crippen LogP contribution in [-0.4, -0.2) is 4.57 Å². The van der Waals surface area contributed by atoms with Crippen LogP contribution >= 0.6 is 0 Å². The summed E-state index contributed by atoms with van der Waals surface area (Å²) >= 11 is 0. The van der Waals surface area contributed by atoms with Gasteiger partial charge in [0, 0.05) is 66.9 Å². The van der Waals surface area contributed by atoms with Crippen molar-refractivity contribution in [3.8, 4) is 5.69 Å². The third-order valence-corrected chi connectivity index (χ3v) is 18.6. The average molecular weight is 1050 g/mol. The molecule has 0 fully saturated rings. The quantitative estimate of drug-likeness (QED) is 0.166. The number of hydrogen-bond donors (Lipinski definition) is 0. The van der Waals surface area contributed by atoms with Crippen molar-refractivity contribution in [2.24, 2.45) is 5.92 Å². The molecule has 12 aromatic carbocycles. The van der Waals surface area contributed by atoms with Crippen molar-refractivity contribution in [3.63, 3.8) is 0 Å². The van der Waals surface area contributed by atoms with E-state index in [0.29, 0.717) is 0 Å². The van der Waals surface area contributed by atoms with Gasteiger partial charge in [-0.05, 0) is 142 Å². The Morgan fingerprint density at radius 3 is 1.68 bits per heavy atom. The van der Waals surface area contributed by atoms with Crippen molar-refractivity contribution in [3.05, 3.63) is 299 Å². The first kappa shape index (κ1) is 45.5. The van der Waals surface area contributed by atoms with Gasteiger partial charge < -0.3 is 23.2 Å². The van der Waals surface area contributed by atoms with Crippen LogP contribution in [0.3, 0.4) is 0 Å². The molecule has 5 nitrogen and oxygen atoms in total. The normalized spacial score (nSPS) is 16.7. The lowest BCUT2D eigenvalue weighted by Gasteiger charge is -2.44. The molecule has 3 unspecified atom stereocenters. The molecule has 3 atom stereocenters. The number of benzene rings is 12. The molecule has 1 spiro atoms. The molecule has 0 saturated heterocycles. The highest BCUT2D eigenvalue weighted by Gasteiger charge is 2.58. The summed E-state index contributed by atoms with van der Waals surface area (Å²) in [5.74, 6) is 0.108. The Balaban J connectivity index is 0.995. The Hall–Kier alpha value is -10.4. The summed E-state index contributed by atoms with van der Waals surface area (Å²) in [5, 5.41) is 9.31. The number of allylic oxidation sites excluding steroid dienone is 1. The van der Waals surface area contributed by atoms with E-state index >= 15 is 0 Å². The molecular weight excluding hydrogens is 999 g/mol. The molecule has 0 amide bonds. The fraction of sp³-hybridized carbons (Fsp3) is 0.0649. The highest BCUT2D eigenvalue weighted by Crippen LogP contribution is 2.67. The van der Waals surface area contributed by atoms with E-state index in [4.69, 9.17) is 8.83 Å². The molecule has 2 aliphatic carbocycles. The summed E-state index contributed by atoms with van der Waals surface area (Å²) < 4.78 is 16.7. The van der Waals surface area contributed by atoms with E-state index in [2.05, 4.69) is 289 Å². The first-order valence-corrected chi connectivity index (χ1v) is 28.6. The van der Waals surface area contributed by atoms with Crippen LogP contribution in [0.15, 0.2) is 264 Å². The predicted octanol–water partition coefficient (Wildman–Crippen LogP) is 20.7. The van der Waals surface area contributed by atoms with Gasteiger partial charge in [0.1, 0.15) is 11.2 Å². The van der Waals surface area contributed by atoms with Gasteiger partial charge in [-0.3, -0.25) is 0 Å². The number of rotatable bonds is 6. The first-order valence-electron chi connectivity index (χ1n) is 28.6. The third kappa shape index (κ3) is 6.01. The van der Waals surface area contributed by atoms with E-state index in [1.807, 2.05) is 0 Å². The monoisotopic (exact) mass is 1050 g/mol. The summed E-state index contributed by atoms with van der Waals surface area (Å²) in [7, 11) is 0. The SMILES string of the molecule is Cc1cccc2c1oc1c(N(c3ccccc3)c3ccc4c(c3)c3cc(N(c5ccccc5)c5cccc6c5oc5c(C)cccc56)cc5c3n4-c3ccccc3C53c4ccc5ccccc5c4C4c5ccccc5C=CC43)cccc12. The van der Waals surface area contributed by atoms with Gasteiger partial charge in [-0.2, -0.15) is 0 Å². The standard InChI is InChI=1S/C77H51N3O2/c1-46-19-15-29-56-58-31-17-35-68(75(58)81-73(46)56)78(50-23-5-3-6-24-50)52-39-42-66-60(43-52)61-44-53(79(51-25-7-4-8-26-51)69-36-18-32-59-57-30-16-20-47(2)74(57)82-76(59)69)45-65-72(61)80(66)67-34-14-13-33-62(67)77(65)63-40-37-48-21-9-11-27-54(48)70(63)71-55-28-12-10-22-49(55)38-41-64(71)77/h3-45,63,70H,1-2H3. The summed E-state index contributed by atoms with van der Waals surface area (Å²) in [5.41, 5.74) is 22.8. The minimum Gasteiger partial charge on any atom is -0.454 e. The maximum atomic E-state index is 7.11. The molecule has 5 heteroatoms. The lowest BCUT2D eigenvalue weighted by molar-refractivity contribution is 0.449. The van der Waals surface area contributed by atoms with Crippen molar-refractivity contribution in [2.45, 2.75) is 25.2 Å². The summed E-state index contributed by atoms with van der Waals surface area (Å²) in [4.78, 5) is 4.84. The highest BCUT2D eigenvalue weighted by atomic mass is 16.3. The second-order valence-electron chi connectivity index (χ2n) is 22.7. The zero-order valence-electron chi connectivity index (χ0n) is 45.1. The van der Waals surface area contributed by atoms with Gasteiger partial charge in [0.25, 0.3) is 0 Å². The number of anilines is 6. The molecule has 0 radical (unpaired) electrons. The number of aromatic nitrogens is 1. The number of aryl methyl sites for hydroxylation is 2. The van der Waals surface area contributed by atoms with Gasteiger partial charge in [-0.25, -0.2) is 0 Å². The van der Waals surface area contributed by atoms with Gasteiger partial charge >= 0.3 is 0 Å². The number of furan rings is 2. The lowest BCUT2D eigenvalue weighted by Crippen LogP contribution is -2.39. The van der Waals surface area contributed by atoms with E-state index in [0.717, 1.165) is 100 Å². The molecule has 0 saturated carbocycles. The average Bonchev–Trinajstić information content (AvgIpc) is 1.60. The van der Waals surface area contributed by atoms with Gasteiger partial charge in [-0.15, -0.1) is 0 Å². The number of hydrogen-bond acceptors (Lipinski definition) is 4. The highest BCUT2D eigenvalue weighted by molar-refractivity contribution is 6.17. The molecule has 3 aromatic heterocycles. The fourth-order valence-electron chi connectivity index (χ4n) is 15.3. The zero-order chi connectivity index (χ0) is 53.9. The Labute approximate surface area is 473 Å². The minimum absolute atomic E-state index is 0.0265. The summed E-state index contributed by atoms with van der Waals surface area (Å²) in [6.45, 7) is 4.28. The topological polar surface area (TPSA) is 37.7 Å². The number of nitrogens with zero attached hydrogens (tertiary/aromatic N) is 3. The maximum Gasteiger partial charge on any atom is 0.159 e. The van der Waals surface area contributed by atoms with Gasteiger partial charge in [0.15, 0.2) is 11.2 Å². The van der Waals surface area contributed by atoms with Gasteiger partial charge in [0.05, 0.1) is 33.5 Å². The van der Waals surface area contributed by atoms with Crippen LogP contribution in [0.5, 0.6) is 0 Å². The summed E-state index contributed by atoms with van der Waals surface area (Å²) in [6, 6.07) is 92.2. The van der Waals surface area contributed by atoms with Crippen molar-refractivity contribution in [2.75, 3.05) is 9.80 Å². The van der Waals surface area contributed by atoms with Crippen LogP contribution in [0.4, 0.5) is 34.1 Å². The molecule has 1 aliphatic heterocycles. The van der Waals surface area contributed by atoms with Crippen LogP contribution in [0, 0.1) is 19.8 Å². The minimum atomic E-state index is -0.637. The Kier molecular flexibility index (Phi) is 9.34. The van der Waals surface area contributed by atoms with Crippen LogP contribution < -0.4 is 9.80 Å². The van der Waals surface area contributed by atoms with E-state index in [1.54, 1.807) is 0 Å². The smallest absolute Gasteiger partial charge is 0.159 e. The Morgan fingerprint density at radius 1 is 0.402 bits per heavy atom. The van der Waals surface area contributed by atoms with Crippen LogP contribution in [0.25, 0.3) is 88.2 Å². The first-order chi connectivity index (χ1) is 40.5. The Morgan fingerprint density at radius 2 is 0.976 bits per heavy atom. The predicted molar refractivity (Wildman–Crippen MR) is 339 cm³/mol. The summed E-state index contributed by atoms with van der Waals surface area (Å²) in [6.07, 6.45) is 4.98. The molecule has 386 valence electrons. The number of para-hydroxylation sites is 7. The van der Waals surface area contributed by atoms with E-state index in [9.17, 15) is 0 Å². The molecule has 18 rings (SSSR count). The van der Waals surface area contributed by atoms with Crippen molar-refractivity contribution >= 4 is 117 Å². The molecule has 4 heterocycles. The molecule has 0 bridgehead atoms. The van der Waals surface area contributed by atoms with E-state index < -0.39 is 5.41 Å². The molecule has 82 heavy (non-hydrogen) atoms. The van der Waals surface area contributed by atoms with Crippen LogP contribution in [0.1, 0.15) is 50.4 Å². The Bertz CT molecular complexity index is 5240. The molecular formula is C77H51N3O2. The van der Waals surface area contributed by atoms with Gasteiger partial charge in [0.2, 0.25) is 0 Å². The largest absolute Gasteiger partial charge is 0.454 e. The van der Waals surface area contributed by atoms with E-state index in [1.165, 1.54) is 60.7 Å². The van der Waals surface area contributed by atoms with Crippen molar-refractivity contribution < 1.29 is 8.83 Å². The van der Waals surface area contributed by atoms with Crippen molar-refractivity contribution in [1.82, 2.24) is 4.57 Å². The van der Waals surface area contributed by atoms with Gasteiger partial charge in [-0.1, -0.05) is 188 Å². The van der Waals surface area contributed by atoms with Crippen LogP contribution in [-0.2, 0) is 5.41 Å². The second-order valence-corrected chi connectivity index (χ2v) is 22.7.